The van der Waals surface area contributed by atoms with E-state index in [1.807, 2.05) is 6.92 Å². The average molecular weight is 303 g/mol. The fourth-order valence-corrected chi connectivity index (χ4v) is 2.10. The van der Waals surface area contributed by atoms with Crippen molar-refractivity contribution in [3.05, 3.63) is 32.9 Å². The topological polar surface area (TPSA) is 67.8 Å². The molecule has 0 bridgehead atoms. The first-order valence-electron chi connectivity index (χ1n) is 6.28. The van der Waals surface area contributed by atoms with Crippen molar-refractivity contribution < 1.29 is 13.9 Å². The summed E-state index contributed by atoms with van der Waals surface area (Å²) in [7, 11) is 0. The number of carbonyl (C=O) groups excluding carboxylic acids is 1. The van der Waals surface area contributed by atoms with E-state index in [-0.39, 0.29) is 18.0 Å². The Kier molecular flexibility index (Phi) is 6.38. The van der Waals surface area contributed by atoms with Crippen molar-refractivity contribution in [2.24, 2.45) is 5.18 Å². The predicted molar refractivity (Wildman–Crippen MR) is 74.9 cm³/mol. The van der Waals surface area contributed by atoms with Gasteiger partial charge in [0.25, 0.3) is 0 Å². The molecule has 0 saturated heterocycles. The molecule has 2 amide bonds. The molecule has 0 aromatic heterocycles. The first-order chi connectivity index (χ1) is 9.54. The molecule has 0 unspecified atom stereocenters. The fraction of sp³-hybridized carbons (Fsp3) is 0.462. The summed E-state index contributed by atoms with van der Waals surface area (Å²) in [4.78, 5) is 20.7. The number of benzene rings is 1. The van der Waals surface area contributed by atoms with Crippen LogP contribution in [0.15, 0.2) is 11.2 Å². The zero-order chi connectivity index (χ0) is 15.1. The highest BCUT2D eigenvalue weighted by atomic mass is 35.5. The SMILES string of the molecule is CCOc1c(CC)cc(Cl)c(F)c1CCNC(=O)N=O. The van der Waals surface area contributed by atoms with Crippen LogP contribution >= 0.6 is 11.6 Å². The molecule has 0 aliphatic rings. The average Bonchev–Trinajstić information content (AvgIpc) is 2.45. The summed E-state index contributed by atoms with van der Waals surface area (Å²) in [6.45, 7) is 4.18. The number of aryl methyl sites for hydroxylation is 1. The Morgan fingerprint density at radius 3 is 2.75 bits per heavy atom. The van der Waals surface area contributed by atoms with Crippen LogP contribution in [0, 0.1) is 10.7 Å². The van der Waals surface area contributed by atoms with Gasteiger partial charge in [-0.2, -0.15) is 0 Å². The third-order valence-corrected chi connectivity index (χ3v) is 3.02. The molecule has 0 fully saturated rings. The summed E-state index contributed by atoms with van der Waals surface area (Å²) in [5.41, 5.74) is 1.09. The molecule has 0 saturated carbocycles. The van der Waals surface area contributed by atoms with E-state index < -0.39 is 11.8 Å². The van der Waals surface area contributed by atoms with Crippen LogP contribution in [-0.4, -0.2) is 19.2 Å². The maximum Gasteiger partial charge on any atom is 0.378 e. The minimum Gasteiger partial charge on any atom is -0.493 e. The standard InChI is InChI=1S/C13H16ClFN2O3/c1-3-8-7-10(14)11(15)9(12(8)20-4-2)5-6-16-13(18)17-19/h7H,3-6H2,1-2H3,(H,16,18). The quantitative estimate of drug-likeness (QED) is 0.818. The molecular weight excluding hydrogens is 287 g/mol. The van der Waals surface area contributed by atoms with Crippen LogP contribution in [0.1, 0.15) is 25.0 Å². The third-order valence-electron chi connectivity index (χ3n) is 2.75. The lowest BCUT2D eigenvalue weighted by molar-refractivity contribution is 0.249. The van der Waals surface area contributed by atoms with E-state index in [0.717, 1.165) is 5.56 Å². The zero-order valence-corrected chi connectivity index (χ0v) is 12.1. The maximum atomic E-state index is 14.1. The Balaban J connectivity index is 3.04. The van der Waals surface area contributed by atoms with Gasteiger partial charge in [-0.05, 0) is 31.4 Å². The van der Waals surface area contributed by atoms with Gasteiger partial charge in [-0.15, -0.1) is 4.91 Å². The first-order valence-corrected chi connectivity index (χ1v) is 6.66. The molecule has 1 aromatic carbocycles. The first kappa shape index (κ1) is 16.4. The van der Waals surface area contributed by atoms with Gasteiger partial charge in [0.05, 0.1) is 11.6 Å². The van der Waals surface area contributed by atoms with E-state index in [2.05, 4.69) is 10.5 Å². The van der Waals surface area contributed by atoms with Crippen LogP contribution in [0.5, 0.6) is 5.75 Å². The highest BCUT2D eigenvalue weighted by Crippen LogP contribution is 2.32. The van der Waals surface area contributed by atoms with Gasteiger partial charge in [0.1, 0.15) is 11.6 Å². The number of carbonyl (C=O) groups is 1. The van der Waals surface area contributed by atoms with E-state index >= 15 is 0 Å². The molecule has 0 atom stereocenters. The summed E-state index contributed by atoms with van der Waals surface area (Å²) >= 11 is 5.85. The number of amides is 2. The molecule has 0 aliphatic carbocycles. The Bertz CT molecular complexity index is 509. The number of urea groups is 1. The number of rotatable bonds is 6. The summed E-state index contributed by atoms with van der Waals surface area (Å²) in [5, 5.41) is 4.47. The van der Waals surface area contributed by atoms with Gasteiger partial charge >= 0.3 is 6.03 Å². The van der Waals surface area contributed by atoms with E-state index in [1.54, 1.807) is 6.92 Å². The summed E-state index contributed by atoms with van der Waals surface area (Å²) in [5.74, 6) is -0.120. The normalized spacial score (nSPS) is 10.2. The molecule has 0 heterocycles. The van der Waals surface area contributed by atoms with Crippen LogP contribution in [0.4, 0.5) is 9.18 Å². The predicted octanol–water partition coefficient (Wildman–Crippen LogP) is 3.46. The van der Waals surface area contributed by atoms with Gasteiger partial charge in [0.15, 0.2) is 0 Å². The van der Waals surface area contributed by atoms with Crippen molar-refractivity contribution in [3.63, 3.8) is 0 Å². The van der Waals surface area contributed by atoms with Gasteiger partial charge in [-0.3, -0.25) is 0 Å². The number of ether oxygens (including phenoxy) is 1. The number of nitroso groups, excluding NO2 is 1. The molecule has 5 nitrogen and oxygen atoms in total. The number of nitrogens with one attached hydrogen (secondary N) is 1. The van der Waals surface area contributed by atoms with Gasteiger partial charge in [0, 0.05) is 17.3 Å². The second kappa shape index (κ2) is 7.79. The van der Waals surface area contributed by atoms with Crippen molar-refractivity contribution in [2.45, 2.75) is 26.7 Å². The Hall–Kier alpha value is -1.69. The molecule has 1 N–H and O–H groups in total. The second-order valence-corrected chi connectivity index (χ2v) is 4.41. The molecule has 110 valence electrons. The number of hydrogen-bond acceptors (Lipinski definition) is 3. The second-order valence-electron chi connectivity index (χ2n) is 4.00. The number of hydrogen-bond donors (Lipinski definition) is 1. The summed E-state index contributed by atoms with van der Waals surface area (Å²) in [6.07, 6.45) is 0.806. The monoisotopic (exact) mass is 302 g/mol. The molecular formula is C13H16ClFN2O3. The smallest absolute Gasteiger partial charge is 0.378 e. The van der Waals surface area contributed by atoms with Crippen LogP contribution in [0.3, 0.4) is 0 Å². The lowest BCUT2D eigenvalue weighted by atomic mass is 10.0. The largest absolute Gasteiger partial charge is 0.493 e. The molecule has 1 aromatic rings. The van der Waals surface area contributed by atoms with Crippen LogP contribution in [-0.2, 0) is 12.8 Å². The van der Waals surface area contributed by atoms with Crippen molar-refractivity contribution >= 4 is 17.6 Å². The molecule has 1 rings (SSSR count). The molecule has 0 radical (unpaired) electrons. The highest BCUT2D eigenvalue weighted by Gasteiger charge is 2.18. The van der Waals surface area contributed by atoms with E-state index in [1.165, 1.54) is 6.07 Å². The fourth-order valence-electron chi connectivity index (χ4n) is 1.86. The summed E-state index contributed by atoms with van der Waals surface area (Å²) < 4.78 is 19.6. The highest BCUT2D eigenvalue weighted by molar-refractivity contribution is 6.31. The van der Waals surface area contributed by atoms with Gasteiger partial charge in [0.2, 0.25) is 0 Å². The minimum atomic E-state index is -0.985. The zero-order valence-electron chi connectivity index (χ0n) is 11.3. The molecule has 0 aliphatic heterocycles. The Morgan fingerprint density at radius 1 is 1.50 bits per heavy atom. The van der Waals surface area contributed by atoms with Gasteiger partial charge < -0.3 is 10.1 Å². The number of halogens is 2. The van der Waals surface area contributed by atoms with Crippen molar-refractivity contribution in [1.29, 1.82) is 0 Å². The van der Waals surface area contributed by atoms with Crippen LogP contribution < -0.4 is 10.1 Å². The van der Waals surface area contributed by atoms with E-state index in [9.17, 15) is 14.1 Å². The summed E-state index contributed by atoms with van der Waals surface area (Å²) in [6, 6.07) is 0.554. The van der Waals surface area contributed by atoms with E-state index in [4.69, 9.17) is 16.3 Å². The third kappa shape index (κ3) is 3.90. The molecule has 7 heteroatoms. The van der Waals surface area contributed by atoms with Crippen LogP contribution in [0.25, 0.3) is 0 Å². The van der Waals surface area contributed by atoms with Gasteiger partial charge in [-0.25, -0.2) is 9.18 Å². The molecule has 0 spiro atoms. The Labute approximate surface area is 121 Å². The maximum absolute atomic E-state index is 14.1. The van der Waals surface area contributed by atoms with Crippen molar-refractivity contribution in [2.75, 3.05) is 13.2 Å². The Morgan fingerprint density at radius 2 is 2.20 bits per heavy atom. The van der Waals surface area contributed by atoms with Crippen LogP contribution in [0.2, 0.25) is 5.02 Å². The van der Waals surface area contributed by atoms with Crippen molar-refractivity contribution in [3.8, 4) is 5.75 Å². The van der Waals surface area contributed by atoms with E-state index in [0.29, 0.717) is 24.3 Å². The molecule has 20 heavy (non-hydrogen) atoms. The minimum absolute atomic E-state index is 0.0140. The van der Waals surface area contributed by atoms with Gasteiger partial charge in [-0.1, -0.05) is 18.5 Å². The number of nitrogens with zero attached hydrogens (tertiary/aromatic N) is 1. The lowest BCUT2D eigenvalue weighted by Crippen LogP contribution is -2.22. The van der Waals surface area contributed by atoms with Crippen molar-refractivity contribution in [1.82, 2.24) is 5.32 Å². The lowest BCUT2D eigenvalue weighted by Gasteiger charge is -2.16.